The van der Waals surface area contributed by atoms with Crippen molar-refractivity contribution in [3.63, 3.8) is 0 Å². The lowest BCUT2D eigenvalue weighted by atomic mass is 10.2. The van der Waals surface area contributed by atoms with Crippen molar-refractivity contribution in [1.82, 2.24) is 4.90 Å². The zero-order chi connectivity index (χ0) is 8.69. The van der Waals surface area contributed by atoms with E-state index in [0.29, 0.717) is 0 Å². The van der Waals surface area contributed by atoms with Crippen LogP contribution in [0.25, 0.3) is 0 Å². The normalized spacial score (nSPS) is 11.0. The Hall–Kier alpha value is -0.560. The van der Waals surface area contributed by atoms with Crippen LogP contribution in [0.5, 0.6) is 0 Å². The number of hydrogen-bond acceptors (Lipinski definition) is 1. The monoisotopic (exact) mass is 153 g/mol. The lowest BCUT2D eigenvalue weighted by molar-refractivity contribution is 0.456. The van der Waals surface area contributed by atoms with E-state index in [2.05, 4.69) is 51.1 Å². The van der Waals surface area contributed by atoms with Crippen molar-refractivity contribution < 1.29 is 0 Å². The van der Waals surface area contributed by atoms with Gasteiger partial charge < -0.3 is 4.90 Å². The van der Waals surface area contributed by atoms with Crippen LogP contribution >= 0.6 is 0 Å². The van der Waals surface area contributed by atoms with Gasteiger partial charge in [-0.3, -0.25) is 0 Å². The minimum Gasteiger partial charge on any atom is -0.306 e. The van der Waals surface area contributed by atoms with Crippen LogP contribution in [0, 0.1) is 0 Å². The molecule has 0 radical (unpaired) electrons. The topological polar surface area (TPSA) is 3.24 Å². The second-order valence-corrected chi connectivity index (χ2v) is 3.25. The van der Waals surface area contributed by atoms with E-state index >= 15 is 0 Å². The Balaban J connectivity index is 3.38. The molecule has 1 nitrogen and oxygen atoms in total. The third-order valence-corrected chi connectivity index (χ3v) is 1.30. The summed E-state index contributed by atoms with van der Waals surface area (Å²) in [6.45, 7) is 5.29. The molecule has 0 aromatic heterocycles. The molecule has 0 bridgehead atoms. The molecule has 0 aliphatic heterocycles. The molecule has 0 atom stereocenters. The Kier molecular flexibility index (Phi) is 5.86. The lowest BCUT2D eigenvalue weighted by Gasteiger charge is -2.02. The first-order valence-electron chi connectivity index (χ1n) is 4.06. The van der Waals surface area contributed by atoms with E-state index in [4.69, 9.17) is 0 Å². The molecule has 0 saturated carbocycles. The molecule has 0 aliphatic carbocycles. The second kappa shape index (κ2) is 6.17. The van der Waals surface area contributed by atoms with E-state index in [-0.39, 0.29) is 0 Å². The molecule has 0 aromatic carbocycles. The summed E-state index contributed by atoms with van der Waals surface area (Å²) < 4.78 is 0. The Morgan fingerprint density at radius 2 is 1.82 bits per heavy atom. The van der Waals surface area contributed by atoms with Crippen molar-refractivity contribution in [3.05, 3.63) is 23.8 Å². The van der Waals surface area contributed by atoms with Gasteiger partial charge in [-0.2, -0.15) is 0 Å². The second-order valence-electron chi connectivity index (χ2n) is 3.25. The number of rotatable bonds is 4. The largest absolute Gasteiger partial charge is 0.306 e. The van der Waals surface area contributed by atoms with E-state index in [1.807, 2.05) is 0 Å². The standard InChI is InChI=1S/C10H19N/c1-10(2)8-6-5-7-9-11(3)4/h5,7-8H,6,9H2,1-4H3/b7-5-. The fraction of sp³-hybridized carbons (Fsp3) is 0.600. The summed E-state index contributed by atoms with van der Waals surface area (Å²) in [5.41, 5.74) is 1.39. The van der Waals surface area contributed by atoms with Gasteiger partial charge in [-0.05, 0) is 34.4 Å². The lowest BCUT2D eigenvalue weighted by Crippen LogP contribution is -2.10. The molecule has 64 valence electrons. The summed E-state index contributed by atoms with van der Waals surface area (Å²) >= 11 is 0. The average Bonchev–Trinajstić information content (AvgIpc) is 1.85. The first kappa shape index (κ1) is 10.4. The van der Waals surface area contributed by atoms with Crippen LogP contribution in [-0.4, -0.2) is 25.5 Å². The van der Waals surface area contributed by atoms with Crippen LogP contribution in [-0.2, 0) is 0 Å². The van der Waals surface area contributed by atoms with Crippen molar-refractivity contribution in [3.8, 4) is 0 Å². The Morgan fingerprint density at radius 3 is 2.27 bits per heavy atom. The van der Waals surface area contributed by atoms with Crippen molar-refractivity contribution in [1.29, 1.82) is 0 Å². The van der Waals surface area contributed by atoms with Gasteiger partial charge in [-0.25, -0.2) is 0 Å². The van der Waals surface area contributed by atoms with Crippen LogP contribution in [0.3, 0.4) is 0 Å². The van der Waals surface area contributed by atoms with Crippen molar-refractivity contribution in [2.45, 2.75) is 20.3 Å². The van der Waals surface area contributed by atoms with Gasteiger partial charge in [-0.1, -0.05) is 23.8 Å². The third kappa shape index (κ3) is 9.44. The van der Waals surface area contributed by atoms with Crippen LogP contribution < -0.4 is 0 Å². The van der Waals surface area contributed by atoms with Gasteiger partial charge in [0.05, 0.1) is 0 Å². The zero-order valence-corrected chi connectivity index (χ0v) is 8.09. The maximum atomic E-state index is 2.23. The third-order valence-electron chi connectivity index (χ3n) is 1.30. The Labute approximate surface area is 70.4 Å². The minimum absolute atomic E-state index is 1.04. The minimum atomic E-state index is 1.04. The molecule has 0 N–H and O–H groups in total. The van der Waals surface area contributed by atoms with E-state index in [1.54, 1.807) is 0 Å². The van der Waals surface area contributed by atoms with Gasteiger partial charge >= 0.3 is 0 Å². The van der Waals surface area contributed by atoms with Crippen LogP contribution in [0.15, 0.2) is 23.8 Å². The quantitative estimate of drug-likeness (QED) is 0.561. The van der Waals surface area contributed by atoms with E-state index < -0.39 is 0 Å². The summed E-state index contributed by atoms with van der Waals surface area (Å²) in [5.74, 6) is 0. The smallest absolute Gasteiger partial charge is 0.0157 e. The van der Waals surface area contributed by atoms with Crippen molar-refractivity contribution in [2.24, 2.45) is 0 Å². The highest BCUT2D eigenvalue weighted by Crippen LogP contribution is 1.93. The van der Waals surface area contributed by atoms with E-state index in [1.165, 1.54) is 5.57 Å². The van der Waals surface area contributed by atoms with Crippen molar-refractivity contribution in [2.75, 3.05) is 20.6 Å². The molecule has 0 fully saturated rings. The highest BCUT2D eigenvalue weighted by Gasteiger charge is 1.80. The van der Waals surface area contributed by atoms with E-state index in [0.717, 1.165) is 13.0 Å². The molecule has 0 unspecified atom stereocenters. The number of allylic oxidation sites excluding steroid dienone is 3. The van der Waals surface area contributed by atoms with Gasteiger partial charge in [0.15, 0.2) is 0 Å². The molecule has 1 heteroatoms. The molecule has 0 amide bonds. The summed E-state index contributed by atoms with van der Waals surface area (Å²) in [6, 6.07) is 0. The summed E-state index contributed by atoms with van der Waals surface area (Å²) in [6.07, 6.45) is 7.69. The summed E-state index contributed by atoms with van der Waals surface area (Å²) in [4.78, 5) is 2.15. The van der Waals surface area contributed by atoms with Gasteiger partial charge in [-0.15, -0.1) is 0 Å². The predicted octanol–water partition coefficient (Wildman–Crippen LogP) is 2.46. The molecule has 0 aliphatic rings. The number of nitrogens with zero attached hydrogens (tertiary/aromatic N) is 1. The summed E-state index contributed by atoms with van der Waals surface area (Å²) in [7, 11) is 4.15. The van der Waals surface area contributed by atoms with Crippen LogP contribution in [0.1, 0.15) is 20.3 Å². The number of hydrogen-bond donors (Lipinski definition) is 0. The van der Waals surface area contributed by atoms with Crippen LogP contribution in [0.4, 0.5) is 0 Å². The van der Waals surface area contributed by atoms with E-state index in [9.17, 15) is 0 Å². The molecule has 0 aromatic rings. The fourth-order valence-corrected chi connectivity index (χ4v) is 0.685. The molecular weight excluding hydrogens is 134 g/mol. The summed E-state index contributed by atoms with van der Waals surface area (Å²) in [5, 5.41) is 0. The maximum absolute atomic E-state index is 2.23. The Bertz CT molecular complexity index is 139. The molecule has 0 heterocycles. The van der Waals surface area contributed by atoms with Gasteiger partial charge in [0.2, 0.25) is 0 Å². The van der Waals surface area contributed by atoms with Gasteiger partial charge in [0, 0.05) is 6.54 Å². The zero-order valence-electron chi connectivity index (χ0n) is 8.09. The molecule has 0 spiro atoms. The Morgan fingerprint density at radius 1 is 1.18 bits per heavy atom. The van der Waals surface area contributed by atoms with Gasteiger partial charge in [0.1, 0.15) is 0 Å². The molecule has 0 rings (SSSR count). The molecule has 11 heavy (non-hydrogen) atoms. The molecule has 0 saturated heterocycles. The number of likely N-dealkylation sites (N-methyl/N-ethyl adjacent to an activating group) is 1. The first-order chi connectivity index (χ1) is 5.13. The maximum Gasteiger partial charge on any atom is 0.0157 e. The van der Waals surface area contributed by atoms with Gasteiger partial charge in [0.25, 0.3) is 0 Å². The predicted molar refractivity (Wildman–Crippen MR) is 51.7 cm³/mol. The average molecular weight is 153 g/mol. The highest BCUT2D eigenvalue weighted by atomic mass is 15.0. The highest BCUT2D eigenvalue weighted by molar-refractivity contribution is 4.99. The van der Waals surface area contributed by atoms with Crippen LogP contribution in [0.2, 0.25) is 0 Å². The van der Waals surface area contributed by atoms with Crippen molar-refractivity contribution >= 4 is 0 Å². The SMILES string of the molecule is CC(C)=CC/C=C\CN(C)C. The first-order valence-corrected chi connectivity index (χ1v) is 4.06. The fourth-order valence-electron chi connectivity index (χ4n) is 0.685. The molecular formula is C10H19N.